The highest BCUT2D eigenvalue weighted by atomic mass is 35.5. The summed E-state index contributed by atoms with van der Waals surface area (Å²) < 4.78 is 1.83. The van der Waals surface area contributed by atoms with E-state index < -0.39 is 0 Å². The molecule has 0 aliphatic carbocycles. The largest absolute Gasteiger partial charge is 0.322 e. The average molecular weight is 235 g/mol. The van der Waals surface area contributed by atoms with Crippen LogP contribution in [0.4, 0.5) is 0 Å². The lowest BCUT2D eigenvalue weighted by Gasteiger charge is -2.14. The second-order valence-corrected chi connectivity index (χ2v) is 3.97. The number of imidazole rings is 1. The third kappa shape index (κ3) is 1.99. The van der Waals surface area contributed by atoms with E-state index in [4.69, 9.17) is 11.6 Å². The molecule has 0 aliphatic rings. The van der Waals surface area contributed by atoms with Crippen molar-refractivity contribution in [2.75, 3.05) is 0 Å². The van der Waals surface area contributed by atoms with E-state index in [9.17, 15) is 4.79 Å². The fourth-order valence-electron chi connectivity index (χ4n) is 1.65. The van der Waals surface area contributed by atoms with Crippen LogP contribution in [0.3, 0.4) is 0 Å². The van der Waals surface area contributed by atoms with Gasteiger partial charge in [-0.1, -0.05) is 23.7 Å². The average Bonchev–Trinajstić information content (AvgIpc) is 2.77. The maximum Gasteiger partial charge on any atom is 0.185 e. The van der Waals surface area contributed by atoms with Crippen molar-refractivity contribution in [3.63, 3.8) is 0 Å². The van der Waals surface area contributed by atoms with Gasteiger partial charge in [0, 0.05) is 17.4 Å². The van der Waals surface area contributed by atoms with Crippen molar-refractivity contribution in [1.29, 1.82) is 0 Å². The topological polar surface area (TPSA) is 34.9 Å². The number of carbonyl (C=O) groups excluding carboxylic acids is 1. The first-order chi connectivity index (χ1) is 7.72. The van der Waals surface area contributed by atoms with E-state index in [0.717, 1.165) is 11.8 Å². The lowest BCUT2D eigenvalue weighted by atomic mass is 10.1. The van der Waals surface area contributed by atoms with Crippen LogP contribution in [0, 0.1) is 0 Å². The van der Waals surface area contributed by atoms with Gasteiger partial charge in [0.25, 0.3) is 0 Å². The van der Waals surface area contributed by atoms with E-state index in [1.54, 1.807) is 12.4 Å². The molecular formula is C12H11ClN2O. The zero-order chi connectivity index (χ0) is 11.5. The van der Waals surface area contributed by atoms with E-state index in [-0.39, 0.29) is 6.04 Å². The number of aldehydes is 1. The molecule has 4 heteroatoms. The van der Waals surface area contributed by atoms with Crippen LogP contribution in [-0.2, 0) is 0 Å². The third-order valence-electron chi connectivity index (χ3n) is 2.57. The predicted molar refractivity (Wildman–Crippen MR) is 62.9 cm³/mol. The molecule has 0 radical (unpaired) electrons. The Bertz CT molecular complexity index is 490. The number of hydrogen-bond donors (Lipinski definition) is 0. The molecule has 0 fully saturated rings. The van der Waals surface area contributed by atoms with Crippen molar-refractivity contribution in [1.82, 2.24) is 9.55 Å². The van der Waals surface area contributed by atoms with Crippen LogP contribution in [0.5, 0.6) is 0 Å². The van der Waals surface area contributed by atoms with Gasteiger partial charge in [0.1, 0.15) is 0 Å². The Morgan fingerprint density at radius 2 is 2.06 bits per heavy atom. The van der Waals surface area contributed by atoms with Gasteiger partial charge in [-0.15, -0.1) is 0 Å². The second kappa shape index (κ2) is 4.49. The van der Waals surface area contributed by atoms with E-state index >= 15 is 0 Å². The van der Waals surface area contributed by atoms with Gasteiger partial charge in [-0.2, -0.15) is 0 Å². The van der Waals surface area contributed by atoms with Crippen molar-refractivity contribution < 1.29 is 4.79 Å². The smallest absolute Gasteiger partial charge is 0.185 e. The Kier molecular flexibility index (Phi) is 3.06. The molecule has 2 rings (SSSR count). The van der Waals surface area contributed by atoms with E-state index in [2.05, 4.69) is 4.98 Å². The summed E-state index contributed by atoms with van der Waals surface area (Å²) in [6.07, 6.45) is 4.17. The van der Waals surface area contributed by atoms with Crippen LogP contribution in [0.15, 0.2) is 36.7 Å². The lowest BCUT2D eigenvalue weighted by Crippen LogP contribution is -2.09. The normalized spacial score (nSPS) is 12.4. The number of aromatic nitrogens is 2. The number of carbonyl (C=O) groups is 1. The Labute approximate surface area is 98.7 Å². The Morgan fingerprint density at radius 3 is 2.69 bits per heavy atom. The molecule has 0 amide bonds. The predicted octanol–water partition coefficient (Wildman–Crippen LogP) is 2.96. The highest BCUT2D eigenvalue weighted by Crippen LogP contribution is 2.20. The standard InChI is InChI=1S/C12H11ClN2O/c1-9(10-2-4-11(13)5-3-10)15-7-6-14-12(15)8-16/h2-9H,1H3. The number of hydrogen-bond acceptors (Lipinski definition) is 2. The minimum Gasteiger partial charge on any atom is -0.322 e. The van der Waals surface area contributed by atoms with Gasteiger partial charge >= 0.3 is 0 Å². The summed E-state index contributed by atoms with van der Waals surface area (Å²) in [5.74, 6) is 0.433. The molecule has 16 heavy (non-hydrogen) atoms. The van der Waals surface area contributed by atoms with Gasteiger partial charge in [-0.3, -0.25) is 4.79 Å². The maximum absolute atomic E-state index is 10.8. The summed E-state index contributed by atoms with van der Waals surface area (Å²) in [5, 5.41) is 0.706. The molecular weight excluding hydrogens is 224 g/mol. The molecule has 0 saturated heterocycles. The number of rotatable bonds is 3. The number of nitrogens with zero attached hydrogens (tertiary/aromatic N) is 2. The molecule has 1 aromatic heterocycles. The Hall–Kier alpha value is -1.61. The Morgan fingerprint density at radius 1 is 1.38 bits per heavy atom. The molecule has 0 aliphatic heterocycles. The molecule has 0 bridgehead atoms. The van der Waals surface area contributed by atoms with Gasteiger partial charge in [-0.05, 0) is 24.6 Å². The van der Waals surface area contributed by atoms with Crippen molar-refractivity contribution in [3.8, 4) is 0 Å². The summed E-state index contributed by atoms with van der Waals surface area (Å²) in [4.78, 5) is 14.7. The summed E-state index contributed by atoms with van der Waals surface area (Å²) in [7, 11) is 0. The van der Waals surface area contributed by atoms with Gasteiger partial charge in [0.15, 0.2) is 12.1 Å². The van der Waals surface area contributed by atoms with Crippen molar-refractivity contribution in [2.24, 2.45) is 0 Å². The highest BCUT2D eigenvalue weighted by Gasteiger charge is 2.10. The van der Waals surface area contributed by atoms with E-state index in [1.165, 1.54) is 0 Å². The van der Waals surface area contributed by atoms with Crippen molar-refractivity contribution in [2.45, 2.75) is 13.0 Å². The molecule has 3 nitrogen and oxygen atoms in total. The second-order valence-electron chi connectivity index (χ2n) is 3.54. The fourth-order valence-corrected chi connectivity index (χ4v) is 1.77. The fraction of sp³-hybridized carbons (Fsp3) is 0.167. The molecule has 0 saturated carbocycles. The molecule has 2 aromatic rings. The summed E-state index contributed by atoms with van der Waals surface area (Å²) in [6, 6.07) is 7.64. The number of benzene rings is 1. The van der Waals surface area contributed by atoms with Gasteiger partial charge < -0.3 is 4.57 Å². The van der Waals surface area contributed by atoms with Crippen molar-refractivity contribution in [3.05, 3.63) is 53.1 Å². The first kappa shape index (κ1) is 10.9. The minimum atomic E-state index is 0.0694. The SMILES string of the molecule is CC(c1ccc(Cl)cc1)n1ccnc1C=O. The molecule has 0 N–H and O–H groups in total. The maximum atomic E-state index is 10.8. The summed E-state index contributed by atoms with van der Waals surface area (Å²) in [5.41, 5.74) is 1.09. The van der Waals surface area contributed by atoms with E-state index in [1.807, 2.05) is 35.8 Å². The van der Waals surface area contributed by atoms with Crippen LogP contribution in [-0.4, -0.2) is 15.8 Å². The van der Waals surface area contributed by atoms with E-state index in [0.29, 0.717) is 10.8 Å². The zero-order valence-corrected chi connectivity index (χ0v) is 9.56. The molecule has 0 spiro atoms. The lowest BCUT2D eigenvalue weighted by molar-refractivity contribution is 0.111. The monoisotopic (exact) mass is 234 g/mol. The molecule has 1 aromatic carbocycles. The minimum absolute atomic E-state index is 0.0694. The molecule has 82 valence electrons. The van der Waals surface area contributed by atoms with Gasteiger partial charge in [0.05, 0.1) is 6.04 Å². The quantitative estimate of drug-likeness (QED) is 0.766. The number of halogens is 1. The van der Waals surface area contributed by atoms with Crippen LogP contribution in [0.2, 0.25) is 5.02 Å². The first-order valence-electron chi connectivity index (χ1n) is 4.96. The molecule has 1 heterocycles. The van der Waals surface area contributed by atoms with Gasteiger partial charge in [0.2, 0.25) is 0 Å². The Balaban J connectivity index is 2.35. The molecule has 1 atom stereocenters. The summed E-state index contributed by atoms with van der Waals surface area (Å²) >= 11 is 5.82. The van der Waals surface area contributed by atoms with Crippen LogP contribution >= 0.6 is 11.6 Å². The first-order valence-corrected chi connectivity index (χ1v) is 5.33. The highest BCUT2D eigenvalue weighted by molar-refractivity contribution is 6.30. The zero-order valence-electron chi connectivity index (χ0n) is 8.80. The summed E-state index contributed by atoms with van der Waals surface area (Å²) in [6.45, 7) is 2.01. The van der Waals surface area contributed by atoms with Crippen molar-refractivity contribution >= 4 is 17.9 Å². The van der Waals surface area contributed by atoms with Crippen LogP contribution < -0.4 is 0 Å². The van der Waals surface area contributed by atoms with Crippen LogP contribution in [0.1, 0.15) is 29.1 Å². The van der Waals surface area contributed by atoms with Gasteiger partial charge in [-0.25, -0.2) is 4.98 Å². The van der Waals surface area contributed by atoms with Crippen LogP contribution in [0.25, 0.3) is 0 Å². The molecule has 1 unspecified atom stereocenters. The third-order valence-corrected chi connectivity index (χ3v) is 2.83.